The van der Waals surface area contributed by atoms with E-state index in [0.29, 0.717) is 34.6 Å². The Kier molecular flexibility index (Phi) is 5.14. The lowest BCUT2D eigenvalue weighted by Crippen LogP contribution is -2.28. The van der Waals surface area contributed by atoms with Gasteiger partial charge in [-0.2, -0.15) is 0 Å². The molecule has 25 heavy (non-hydrogen) atoms. The van der Waals surface area contributed by atoms with Gasteiger partial charge in [-0.05, 0) is 36.2 Å². The number of carbonyl (C=O) groups excluding carboxylic acids is 1. The summed E-state index contributed by atoms with van der Waals surface area (Å²) in [6.45, 7) is 0.263. The number of nitrogens with one attached hydrogen (secondary N) is 1. The predicted molar refractivity (Wildman–Crippen MR) is 98.6 cm³/mol. The fraction of sp³-hybridized carbons (Fsp3) is 0.211. The van der Waals surface area contributed by atoms with Crippen LogP contribution in [-0.2, 0) is 17.8 Å². The second-order valence-electron chi connectivity index (χ2n) is 5.91. The summed E-state index contributed by atoms with van der Waals surface area (Å²) < 4.78 is 0. The molecular formula is C19H18ClN3O2. The molecule has 1 amide bonds. The first kappa shape index (κ1) is 17.2. The van der Waals surface area contributed by atoms with Crippen LogP contribution in [0.15, 0.2) is 53.3 Å². The van der Waals surface area contributed by atoms with Crippen molar-refractivity contribution >= 4 is 28.4 Å². The van der Waals surface area contributed by atoms with Crippen molar-refractivity contribution < 1.29 is 4.79 Å². The van der Waals surface area contributed by atoms with Gasteiger partial charge in [0.05, 0.1) is 17.4 Å². The molecule has 0 fully saturated rings. The van der Waals surface area contributed by atoms with E-state index in [4.69, 9.17) is 11.6 Å². The van der Waals surface area contributed by atoms with E-state index in [-0.39, 0.29) is 18.0 Å². The number of hydrogen-bond donors (Lipinski definition) is 1. The summed E-state index contributed by atoms with van der Waals surface area (Å²) in [7, 11) is 1.71. The number of aryl methyl sites for hydroxylation is 1. The van der Waals surface area contributed by atoms with E-state index in [1.807, 2.05) is 30.3 Å². The summed E-state index contributed by atoms with van der Waals surface area (Å²) in [5.74, 6) is 0.469. The SMILES string of the molecule is CN(Cc1nc2ccccc2c(=O)[nH]1)C(=O)CCc1ccc(Cl)cc1. The van der Waals surface area contributed by atoms with Crippen LogP contribution in [0.2, 0.25) is 5.02 Å². The van der Waals surface area contributed by atoms with Gasteiger partial charge in [0.2, 0.25) is 5.91 Å². The molecule has 3 rings (SSSR count). The number of carbonyl (C=O) groups is 1. The molecule has 0 saturated heterocycles. The number of para-hydroxylation sites is 1. The number of halogens is 1. The smallest absolute Gasteiger partial charge is 0.258 e. The second-order valence-corrected chi connectivity index (χ2v) is 6.34. The van der Waals surface area contributed by atoms with Crippen LogP contribution in [-0.4, -0.2) is 27.8 Å². The fourth-order valence-electron chi connectivity index (χ4n) is 2.62. The standard InChI is InChI=1S/C19H18ClN3O2/c1-23(18(24)11-8-13-6-9-14(20)10-7-13)12-17-21-16-5-3-2-4-15(16)19(25)22-17/h2-7,9-10H,8,11-12H2,1H3,(H,21,22,25). The third-order valence-electron chi connectivity index (χ3n) is 4.02. The molecule has 128 valence electrons. The average molecular weight is 356 g/mol. The Morgan fingerprint density at radius 1 is 1.16 bits per heavy atom. The molecule has 0 bridgehead atoms. The lowest BCUT2D eigenvalue weighted by molar-refractivity contribution is -0.130. The molecule has 1 heterocycles. The van der Waals surface area contributed by atoms with Crippen molar-refractivity contribution in [3.8, 4) is 0 Å². The van der Waals surface area contributed by atoms with Crippen molar-refractivity contribution in [3.63, 3.8) is 0 Å². The second kappa shape index (κ2) is 7.49. The zero-order valence-corrected chi connectivity index (χ0v) is 14.6. The molecule has 0 aliphatic rings. The van der Waals surface area contributed by atoms with Gasteiger partial charge >= 0.3 is 0 Å². The molecule has 0 unspecified atom stereocenters. The van der Waals surface area contributed by atoms with E-state index in [0.717, 1.165) is 5.56 Å². The van der Waals surface area contributed by atoms with Gasteiger partial charge in [0.25, 0.3) is 5.56 Å². The summed E-state index contributed by atoms with van der Waals surface area (Å²) in [6, 6.07) is 14.6. The lowest BCUT2D eigenvalue weighted by atomic mass is 10.1. The third kappa shape index (κ3) is 4.25. The van der Waals surface area contributed by atoms with Gasteiger partial charge in [-0.25, -0.2) is 4.98 Å². The highest BCUT2D eigenvalue weighted by atomic mass is 35.5. The quantitative estimate of drug-likeness (QED) is 0.764. The summed E-state index contributed by atoms with van der Waals surface area (Å²) in [6.07, 6.45) is 1.03. The topological polar surface area (TPSA) is 66.1 Å². The van der Waals surface area contributed by atoms with E-state index in [1.165, 1.54) is 0 Å². The highest BCUT2D eigenvalue weighted by molar-refractivity contribution is 6.30. The molecule has 6 heteroatoms. The van der Waals surface area contributed by atoms with Gasteiger partial charge in [-0.3, -0.25) is 9.59 Å². The first-order valence-corrected chi connectivity index (χ1v) is 8.37. The number of benzene rings is 2. The molecule has 0 radical (unpaired) electrons. The molecule has 3 aromatic rings. The Hall–Kier alpha value is -2.66. The summed E-state index contributed by atoms with van der Waals surface area (Å²) in [4.78, 5) is 33.1. The predicted octanol–water partition coefficient (Wildman–Crippen LogP) is 3.17. The Morgan fingerprint density at radius 3 is 2.64 bits per heavy atom. The lowest BCUT2D eigenvalue weighted by Gasteiger charge is -2.16. The molecular weight excluding hydrogens is 338 g/mol. The maximum Gasteiger partial charge on any atom is 0.258 e. The number of aromatic nitrogens is 2. The van der Waals surface area contributed by atoms with Crippen LogP contribution in [0.3, 0.4) is 0 Å². The molecule has 1 N–H and O–H groups in total. The van der Waals surface area contributed by atoms with E-state index in [2.05, 4.69) is 9.97 Å². The zero-order valence-electron chi connectivity index (χ0n) is 13.8. The minimum atomic E-state index is -0.192. The largest absolute Gasteiger partial charge is 0.338 e. The molecule has 0 spiro atoms. The number of amides is 1. The monoisotopic (exact) mass is 355 g/mol. The molecule has 0 atom stereocenters. The molecule has 5 nitrogen and oxygen atoms in total. The van der Waals surface area contributed by atoms with Gasteiger partial charge in [-0.1, -0.05) is 35.9 Å². The minimum absolute atomic E-state index is 0.00856. The van der Waals surface area contributed by atoms with Gasteiger partial charge in [0, 0.05) is 18.5 Å². The Balaban J connectivity index is 1.65. The zero-order chi connectivity index (χ0) is 17.8. The van der Waals surface area contributed by atoms with E-state index in [9.17, 15) is 9.59 Å². The molecule has 0 saturated carbocycles. The molecule has 2 aromatic carbocycles. The van der Waals surface area contributed by atoms with Crippen LogP contribution >= 0.6 is 11.6 Å². The van der Waals surface area contributed by atoms with Crippen LogP contribution in [0.5, 0.6) is 0 Å². The summed E-state index contributed by atoms with van der Waals surface area (Å²) >= 11 is 5.86. The highest BCUT2D eigenvalue weighted by Gasteiger charge is 2.12. The first-order chi connectivity index (χ1) is 12.0. The van der Waals surface area contributed by atoms with Crippen LogP contribution in [0.25, 0.3) is 10.9 Å². The minimum Gasteiger partial charge on any atom is -0.338 e. The summed E-state index contributed by atoms with van der Waals surface area (Å²) in [5, 5.41) is 1.22. The number of H-pyrrole nitrogens is 1. The number of rotatable bonds is 5. The van der Waals surface area contributed by atoms with Gasteiger partial charge < -0.3 is 9.88 Å². The fourth-order valence-corrected chi connectivity index (χ4v) is 2.74. The number of aromatic amines is 1. The first-order valence-electron chi connectivity index (χ1n) is 7.99. The Bertz CT molecular complexity index is 951. The molecule has 0 aliphatic carbocycles. The highest BCUT2D eigenvalue weighted by Crippen LogP contribution is 2.12. The third-order valence-corrected chi connectivity index (χ3v) is 4.27. The van der Waals surface area contributed by atoms with Gasteiger partial charge in [0.1, 0.15) is 5.82 Å². The van der Waals surface area contributed by atoms with Crippen molar-refractivity contribution in [2.24, 2.45) is 0 Å². The van der Waals surface area contributed by atoms with Gasteiger partial charge in [-0.15, -0.1) is 0 Å². The molecule has 0 aliphatic heterocycles. The number of hydrogen-bond acceptors (Lipinski definition) is 3. The number of fused-ring (bicyclic) bond motifs is 1. The average Bonchev–Trinajstić information content (AvgIpc) is 2.61. The normalized spacial score (nSPS) is 10.8. The van der Waals surface area contributed by atoms with Crippen LogP contribution < -0.4 is 5.56 Å². The van der Waals surface area contributed by atoms with Gasteiger partial charge in [0.15, 0.2) is 0 Å². The number of nitrogens with zero attached hydrogens (tertiary/aromatic N) is 2. The van der Waals surface area contributed by atoms with Crippen molar-refractivity contribution in [2.75, 3.05) is 7.05 Å². The van der Waals surface area contributed by atoms with E-state index < -0.39 is 0 Å². The Morgan fingerprint density at radius 2 is 1.88 bits per heavy atom. The van der Waals surface area contributed by atoms with Crippen LogP contribution in [0.1, 0.15) is 17.8 Å². The summed E-state index contributed by atoms with van der Waals surface area (Å²) in [5.41, 5.74) is 1.49. The van der Waals surface area contributed by atoms with Crippen LogP contribution in [0, 0.1) is 0 Å². The Labute approximate surface area is 150 Å². The van der Waals surface area contributed by atoms with Crippen LogP contribution in [0.4, 0.5) is 0 Å². The maximum absolute atomic E-state index is 12.3. The van der Waals surface area contributed by atoms with Crippen molar-refractivity contribution in [3.05, 3.63) is 75.3 Å². The van der Waals surface area contributed by atoms with Crippen molar-refractivity contribution in [2.45, 2.75) is 19.4 Å². The maximum atomic E-state index is 12.3. The van der Waals surface area contributed by atoms with E-state index >= 15 is 0 Å². The van der Waals surface area contributed by atoms with Crippen molar-refractivity contribution in [1.29, 1.82) is 0 Å². The van der Waals surface area contributed by atoms with E-state index in [1.54, 1.807) is 30.1 Å². The van der Waals surface area contributed by atoms with Crippen molar-refractivity contribution in [1.82, 2.24) is 14.9 Å². The molecule has 1 aromatic heterocycles.